The number of nitrogens with one attached hydrogen (secondary N) is 1. The number of amides is 1. The second-order valence-electron chi connectivity index (χ2n) is 7.41. The zero-order chi connectivity index (χ0) is 20.8. The van der Waals surface area contributed by atoms with Crippen molar-refractivity contribution in [2.24, 2.45) is 0 Å². The average Bonchev–Trinajstić information content (AvgIpc) is 3.28. The van der Waals surface area contributed by atoms with Crippen LogP contribution in [-0.2, 0) is 6.61 Å². The highest BCUT2D eigenvalue weighted by Crippen LogP contribution is 2.25. The largest absolute Gasteiger partial charge is 0.490 e. The van der Waals surface area contributed by atoms with E-state index >= 15 is 0 Å². The molecule has 1 amide bonds. The van der Waals surface area contributed by atoms with E-state index in [1.54, 1.807) is 24.3 Å². The van der Waals surface area contributed by atoms with Gasteiger partial charge in [0.1, 0.15) is 18.1 Å². The first-order chi connectivity index (χ1) is 14.7. The third kappa shape index (κ3) is 5.33. The van der Waals surface area contributed by atoms with Crippen molar-refractivity contribution in [1.82, 2.24) is 0 Å². The Hall–Kier alpha value is -2.98. The summed E-state index contributed by atoms with van der Waals surface area (Å²) in [6.07, 6.45) is 5.04. The molecule has 0 atom stereocenters. The van der Waals surface area contributed by atoms with Gasteiger partial charge in [-0.1, -0.05) is 29.8 Å². The van der Waals surface area contributed by atoms with Gasteiger partial charge in [0, 0.05) is 21.8 Å². The van der Waals surface area contributed by atoms with Crippen LogP contribution in [0.15, 0.2) is 72.8 Å². The molecule has 1 saturated carbocycles. The number of anilines is 1. The van der Waals surface area contributed by atoms with Crippen LogP contribution < -0.4 is 14.8 Å². The summed E-state index contributed by atoms with van der Waals surface area (Å²) in [6, 6.07) is 22.2. The van der Waals surface area contributed by atoms with Gasteiger partial charge in [0.25, 0.3) is 5.91 Å². The van der Waals surface area contributed by atoms with Gasteiger partial charge in [0.2, 0.25) is 0 Å². The van der Waals surface area contributed by atoms with E-state index in [-0.39, 0.29) is 5.91 Å². The lowest BCUT2D eigenvalue weighted by molar-refractivity contribution is 0.102. The van der Waals surface area contributed by atoms with Gasteiger partial charge in [-0.2, -0.15) is 0 Å². The first-order valence-electron chi connectivity index (χ1n) is 10.2. The van der Waals surface area contributed by atoms with E-state index in [2.05, 4.69) is 5.32 Å². The Morgan fingerprint density at radius 2 is 1.57 bits per heavy atom. The minimum atomic E-state index is -0.169. The number of rotatable bonds is 7. The quantitative estimate of drug-likeness (QED) is 0.474. The molecule has 0 unspecified atom stereocenters. The van der Waals surface area contributed by atoms with Crippen LogP contribution >= 0.6 is 11.6 Å². The summed E-state index contributed by atoms with van der Waals surface area (Å²) < 4.78 is 11.7. The molecule has 0 saturated heterocycles. The van der Waals surface area contributed by atoms with Gasteiger partial charge in [0.05, 0.1) is 6.10 Å². The molecule has 1 aliphatic carbocycles. The zero-order valence-corrected chi connectivity index (χ0v) is 17.4. The highest BCUT2D eigenvalue weighted by molar-refractivity contribution is 6.31. The second-order valence-corrected chi connectivity index (χ2v) is 7.81. The molecular formula is C25H24ClNO3. The summed E-state index contributed by atoms with van der Waals surface area (Å²) in [5.41, 5.74) is 2.21. The van der Waals surface area contributed by atoms with Gasteiger partial charge in [-0.3, -0.25) is 4.79 Å². The molecule has 1 N–H and O–H groups in total. The predicted molar refractivity (Wildman–Crippen MR) is 120 cm³/mol. The molecule has 4 nitrogen and oxygen atoms in total. The smallest absolute Gasteiger partial charge is 0.255 e. The van der Waals surface area contributed by atoms with Crippen LogP contribution in [0.3, 0.4) is 0 Å². The van der Waals surface area contributed by atoms with E-state index in [9.17, 15) is 4.79 Å². The van der Waals surface area contributed by atoms with Crippen molar-refractivity contribution in [2.75, 3.05) is 5.32 Å². The topological polar surface area (TPSA) is 47.6 Å². The molecule has 1 fully saturated rings. The van der Waals surface area contributed by atoms with E-state index in [4.69, 9.17) is 21.1 Å². The van der Waals surface area contributed by atoms with Gasteiger partial charge < -0.3 is 14.8 Å². The third-order valence-electron chi connectivity index (χ3n) is 5.19. The molecule has 30 heavy (non-hydrogen) atoms. The fourth-order valence-corrected chi connectivity index (χ4v) is 3.69. The van der Waals surface area contributed by atoms with Crippen molar-refractivity contribution in [3.63, 3.8) is 0 Å². The average molecular weight is 422 g/mol. The first-order valence-corrected chi connectivity index (χ1v) is 10.6. The normalized spacial score (nSPS) is 13.8. The summed E-state index contributed by atoms with van der Waals surface area (Å²) >= 11 is 6.15. The molecule has 154 valence electrons. The molecular weight excluding hydrogens is 398 g/mol. The summed E-state index contributed by atoms with van der Waals surface area (Å²) in [4.78, 5) is 12.5. The fourth-order valence-electron chi connectivity index (χ4n) is 3.50. The van der Waals surface area contributed by atoms with Crippen molar-refractivity contribution < 1.29 is 14.3 Å². The lowest BCUT2D eigenvalue weighted by Crippen LogP contribution is -2.12. The lowest BCUT2D eigenvalue weighted by Gasteiger charge is -2.13. The van der Waals surface area contributed by atoms with Crippen LogP contribution in [0, 0.1) is 0 Å². The van der Waals surface area contributed by atoms with E-state index in [1.807, 2.05) is 48.5 Å². The third-order valence-corrected chi connectivity index (χ3v) is 5.55. The fraction of sp³-hybridized carbons (Fsp3) is 0.240. The number of benzene rings is 3. The minimum absolute atomic E-state index is 0.169. The monoisotopic (exact) mass is 421 g/mol. The summed E-state index contributed by atoms with van der Waals surface area (Å²) in [6.45, 7) is 0.375. The molecule has 0 bridgehead atoms. The van der Waals surface area contributed by atoms with Crippen LogP contribution in [0.25, 0.3) is 0 Å². The molecule has 0 aromatic heterocycles. The number of hydrogen-bond acceptors (Lipinski definition) is 3. The number of carbonyl (C=O) groups is 1. The van der Waals surface area contributed by atoms with Crippen LogP contribution in [0.2, 0.25) is 5.02 Å². The maximum Gasteiger partial charge on any atom is 0.255 e. The molecule has 5 heteroatoms. The molecule has 0 heterocycles. The highest BCUT2D eigenvalue weighted by atomic mass is 35.5. The van der Waals surface area contributed by atoms with Crippen molar-refractivity contribution in [3.05, 3.63) is 88.9 Å². The van der Waals surface area contributed by atoms with Gasteiger partial charge in [-0.05, 0) is 80.3 Å². The number of carbonyl (C=O) groups excluding carboxylic acids is 1. The van der Waals surface area contributed by atoms with Gasteiger partial charge in [0.15, 0.2) is 0 Å². The number of halogens is 1. The van der Waals surface area contributed by atoms with Crippen LogP contribution in [0.4, 0.5) is 5.69 Å². The molecule has 3 aromatic rings. The van der Waals surface area contributed by atoms with E-state index in [0.717, 1.165) is 29.8 Å². The maximum atomic E-state index is 12.5. The van der Waals surface area contributed by atoms with Crippen LogP contribution in [0.1, 0.15) is 41.6 Å². The SMILES string of the molecule is O=C(Nc1ccc(OC2CCCC2)cc1)c1ccc(OCc2ccccc2Cl)cc1. The number of ether oxygens (including phenoxy) is 2. The number of hydrogen-bond donors (Lipinski definition) is 1. The predicted octanol–water partition coefficient (Wildman–Crippen LogP) is 6.49. The van der Waals surface area contributed by atoms with Crippen molar-refractivity contribution in [1.29, 1.82) is 0 Å². The molecule has 4 rings (SSSR count). The highest BCUT2D eigenvalue weighted by Gasteiger charge is 2.16. The summed E-state index contributed by atoms with van der Waals surface area (Å²) in [7, 11) is 0. The standard InChI is InChI=1S/C25H24ClNO3/c26-24-8-4-1-5-19(24)17-29-21-13-9-18(10-14-21)25(28)27-20-11-15-23(16-12-20)30-22-6-2-3-7-22/h1,4-5,8-16,22H,2-3,6-7,17H2,(H,27,28). The van der Waals surface area contributed by atoms with E-state index < -0.39 is 0 Å². The molecule has 0 radical (unpaired) electrons. The van der Waals surface area contributed by atoms with Crippen LogP contribution in [0.5, 0.6) is 11.5 Å². The Morgan fingerprint density at radius 1 is 0.900 bits per heavy atom. The van der Waals surface area contributed by atoms with Crippen molar-refractivity contribution >= 4 is 23.2 Å². The minimum Gasteiger partial charge on any atom is -0.490 e. The van der Waals surface area contributed by atoms with Gasteiger partial charge in [-0.25, -0.2) is 0 Å². The Balaban J connectivity index is 1.30. The van der Waals surface area contributed by atoms with Gasteiger partial charge in [-0.15, -0.1) is 0 Å². The van der Waals surface area contributed by atoms with Crippen molar-refractivity contribution in [3.8, 4) is 11.5 Å². The van der Waals surface area contributed by atoms with Gasteiger partial charge >= 0.3 is 0 Å². The molecule has 1 aliphatic rings. The lowest BCUT2D eigenvalue weighted by atomic mass is 10.2. The van der Waals surface area contributed by atoms with Crippen molar-refractivity contribution in [2.45, 2.75) is 38.4 Å². The Bertz CT molecular complexity index is 980. The zero-order valence-electron chi connectivity index (χ0n) is 16.6. The van der Waals surface area contributed by atoms with E-state index in [1.165, 1.54) is 12.8 Å². The second kappa shape index (κ2) is 9.68. The maximum absolute atomic E-state index is 12.5. The first kappa shape index (κ1) is 20.3. The Morgan fingerprint density at radius 3 is 2.27 bits per heavy atom. The Kier molecular flexibility index (Phi) is 6.55. The summed E-state index contributed by atoms with van der Waals surface area (Å²) in [5, 5.41) is 3.59. The van der Waals surface area contributed by atoms with E-state index in [0.29, 0.717) is 29.0 Å². The Labute approximate surface area is 181 Å². The molecule has 0 aliphatic heterocycles. The van der Waals surface area contributed by atoms with Crippen LogP contribution in [-0.4, -0.2) is 12.0 Å². The molecule has 0 spiro atoms. The summed E-state index contributed by atoms with van der Waals surface area (Å²) in [5.74, 6) is 1.36. The molecule has 3 aromatic carbocycles.